The van der Waals surface area contributed by atoms with Crippen molar-refractivity contribution >= 4 is 29.2 Å². The lowest BCUT2D eigenvalue weighted by Crippen LogP contribution is -2.28. The molecule has 0 aliphatic rings. The van der Waals surface area contributed by atoms with E-state index in [0.717, 1.165) is 0 Å². The van der Waals surface area contributed by atoms with Crippen molar-refractivity contribution in [2.24, 2.45) is 17.8 Å². The molecule has 0 rings (SSSR count). The molecule has 88 valence electrons. The maximum Gasteiger partial charge on any atom is 0.309 e. The molecule has 0 radical (unpaired) electrons. The van der Waals surface area contributed by atoms with Crippen LogP contribution < -0.4 is 0 Å². The molecule has 0 aromatic heterocycles. The zero-order valence-electron chi connectivity index (χ0n) is 9.59. The van der Waals surface area contributed by atoms with E-state index in [1.807, 2.05) is 20.8 Å². The van der Waals surface area contributed by atoms with Gasteiger partial charge in [-0.2, -0.15) is 0 Å². The highest BCUT2D eigenvalue weighted by atomic mass is 35.5. The number of esters is 1. The summed E-state index contributed by atoms with van der Waals surface area (Å²) < 4.78 is 5.21. The predicted molar refractivity (Wildman–Crippen MR) is 63.9 cm³/mol. The topological polar surface area (TPSA) is 26.3 Å². The second kappa shape index (κ2) is 7.13. The van der Waals surface area contributed by atoms with Gasteiger partial charge >= 0.3 is 5.97 Å². The zero-order chi connectivity index (χ0) is 12.0. The summed E-state index contributed by atoms with van der Waals surface area (Å²) >= 11 is 11.2. The Labute approximate surface area is 102 Å². The van der Waals surface area contributed by atoms with Crippen LogP contribution in [0.2, 0.25) is 0 Å². The maximum atomic E-state index is 11.7. The fourth-order valence-corrected chi connectivity index (χ4v) is 2.03. The third-order valence-electron chi connectivity index (χ3n) is 2.23. The number of hydrogen-bond donors (Lipinski definition) is 0. The normalized spacial score (nSPS) is 14.6. The second-order valence-corrected chi connectivity index (χ2v) is 4.85. The summed E-state index contributed by atoms with van der Waals surface area (Å²) in [5.74, 6) is -0.208. The van der Waals surface area contributed by atoms with E-state index in [1.165, 1.54) is 0 Å². The number of ether oxygens (including phenoxy) is 1. The molecule has 2 nitrogen and oxygen atoms in total. The van der Waals surface area contributed by atoms with Gasteiger partial charge in [0.05, 0.1) is 12.5 Å². The summed E-state index contributed by atoms with van der Waals surface area (Å²) in [6.45, 7) is 8.06. The molecule has 0 aromatic rings. The van der Waals surface area contributed by atoms with Gasteiger partial charge in [-0.15, -0.1) is 0 Å². The van der Waals surface area contributed by atoms with Gasteiger partial charge in [-0.25, -0.2) is 0 Å². The largest absolute Gasteiger partial charge is 0.466 e. The van der Waals surface area contributed by atoms with Gasteiger partial charge < -0.3 is 4.74 Å². The first-order valence-corrected chi connectivity index (χ1v) is 5.85. The van der Waals surface area contributed by atoms with E-state index in [9.17, 15) is 4.79 Å². The van der Waals surface area contributed by atoms with E-state index in [1.54, 1.807) is 13.0 Å². The number of carbonyl (C=O) groups excluding carboxylic acids is 1. The molecule has 2 atom stereocenters. The number of hydrogen-bond acceptors (Lipinski definition) is 2. The number of allylic oxidation sites excluding steroid dienone is 1. The first-order valence-electron chi connectivity index (χ1n) is 5.09. The van der Waals surface area contributed by atoms with Crippen molar-refractivity contribution in [3.05, 3.63) is 10.6 Å². The van der Waals surface area contributed by atoms with E-state index in [4.69, 9.17) is 27.9 Å². The van der Waals surface area contributed by atoms with Crippen LogP contribution >= 0.6 is 23.2 Å². The number of halogens is 2. The van der Waals surface area contributed by atoms with E-state index in [2.05, 4.69) is 0 Å². The molecule has 4 heteroatoms. The minimum Gasteiger partial charge on any atom is -0.466 e. The van der Waals surface area contributed by atoms with Gasteiger partial charge in [0.1, 0.15) is 4.49 Å². The summed E-state index contributed by atoms with van der Waals surface area (Å²) in [4.78, 5) is 11.7. The summed E-state index contributed by atoms with van der Waals surface area (Å²) in [5, 5.41) is 0. The van der Waals surface area contributed by atoms with E-state index in [-0.39, 0.29) is 28.2 Å². The molecule has 0 heterocycles. The van der Waals surface area contributed by atoms with Gasteiger partial charge in [-0.1, -0.05) is 50.0 Å². The van der Waals surface area contributed by atoms with E-state index >= 15 is 0 Å². The SMILES string of the molecule is CCOC(=O)C(C(C)C)C(C)C=C(Cl)Cl. The molecule has 2 unspecified atom stereocenters. The van der Waals surface area contributed by atoms with Crippen molar-refractivity contribution in [2.75, 3.05) is 6.61 Å². The van der Waals surface area contributed by atoms with Gasteiger partial charge in [-0.3, -0.25) is 4.79 Å². The van der Waals surface area contributed by atoms with Crippen molar-refractivity contribution < 1.29 is 9.53 Å². The third-order valence-corrected chi connectivity index (χ3v) is 2.48. The van der Waals surface area contributed by atoms with Crippen molar-refractivity contribution in [2.45, 2.75) is 27.7 Å². The second-order valence-electron chi connectivity index (χ2n) is 3.84. The Morgan fingerprint density at radius 1 is 1.33 bits per heavy atom. The molecule has 0 N–H and O–H groups in total. The van der Waals surface area contributed by atoms with Crippen LogP contribution in [0.25, 0.3) is 0 Å². The molecule has 0 amide bonds. The van der Waals surface area contributed by atoms with Gasteiger partial charge in [0.25, 0.3) is 0 Å². The highest BCUT2D eigenvalue weighted by molar-refractivity contribution is 6.55. The quantitative estimate of drug-likeness (QED) is 0.697. The molecule has 0 aliphatic heterocycles. The molecule has 0 saturated carbocycles. The Morgan fingerprint density at radius 2 is 1.87 bits per heavy atom. The van der Waals surface area contributed by atoms with Crippen LogP contribution in [0.5, 0.6) is 0 Å². The summed E-state index contributed by atoms with van der Waals surface area (Å²) in [6, 6.07) is 0. The lowest BCUT2D eigenvalue weighted by atomic mass is 9.84. The van der Waals surface area contributed by atoms with E-state index in [0.29, 0.717) is 6.61 Å². The van der Waals surface area contributed by atoms with E-state index < -0.39 is 0 Å². The first kappa shape index (κ1) is 14.8. The van der Waals surface area contributed by atoms with Crippen LogP contribution in [0.4, 0.5) is 0 Å². The van der Waals surface area contributed by atoms with Crippen LogP contribution in [0.3, 0.4) is 0 Å². The Bertz CT molecular complexity index is 233. The first-order chi connectivity index (χ1) is 6.90. The van der Waals surface area contributed by atoms with Crippen molar-refractivity contribution in [3.63, 3.8) is 0 Å². The standard InChI is InChI=1S/C11H18Cl2O2/c1-5-15-11(14)10(7(2)3)8(4)6-9(12)13/h6-8,10H,5H2,1-4H3. The minimum absolute atomic E-state index is 0.0194. The average Bonchev–Trinajstić information content (AvgIpc) is 2.01. The minimum atomic E-state index is -0.197. The van der Waals surface area contributed by atoms with Gasteiger partial charge in [0.2, 0.25) is 0 Å². The lowest BCUT2D eigenvalue weighted by molar-refractivity contribution is -0.150. The molecular weight excluding hydrogens is 235 g/mol. The maximum absolute atomic E-state index is 11.7. The van der Waals surface area contributed by atoms with Crippen molar-refractivity contribution in [1.82, 2.24) is 0 Å². The van der Waals surface area contributed by atoms with Gasteiger partial charge in [0, 0.05) is 0 Å². The van der Waals surface area contributed by atoms with Crippen LogP contribution in [0.15, 0.2) is 10.6 Å². The van der Waals surface area contributed by atoms with Gasteiger partial charge in [0.15, 0.2) is 0 Å². The average molecular weight is 253 g/mol. The molecule has 0 aromatic carbocycles. The summed E-state index contributed by atoms with van der Waals surface area (Å²) in [5.41, 5.74) is 0. The number of rotatable bonds is 5. The fourth-order valence-electron chi connectivity index (χ4n) is 1.63. The van der Waals surface area contributed by atoms with Gasteiger partial charge in [-0.05, 0) is 18.8 Å². The van der Waals surface area contributed by atoms with Crippen LogP contribution in [-0.2, 0) is 9.53 Å². The van der Waals surface area contributed by atoms with Crippen LogP contribution in [-0.4, -0.2) is 12.6 Å². The number of carbonyl (C=O) groups is 1. The zero-order valence-corrected chi connectivity index (χ0v) is 11.1. The highest BCUT2D eigenvalue weighted by Gasteiger charge is 2.28. The van der Waals surface area contributed by atoms with Crippen LogP contribution in [0, 0.1) is 17.8 Å². The molecule has 0 aliphatic carbocycles. The fraction of sp³-hybridized carbons (Fsp3) is 0.727. The Kier molecular flexibility index (Phi) is 7.03. The third kappa shape index (κ3) is 5.43. The molecule has 0 fully saturated rings. The lowest BCUT2D eigenvalue weighted by Gasteiger charge is -2.23. The Hall–Kier alpha value is -0.210. The Balaban J connectivity index is 4.66. The smallest absolute Gasteiger partial charge is 0.309 e. The monoisotopic (exact) mass is 252 g/mol. The molecular formula is C11H18Cl2O2. The highest BCUT2D eigenvalue weighted by Crippen LogP contribution is 2.26. The molecule has 15 heavy (non-hydrogen) atoms. The molecule has 0 saturated heterocycles. The summed E-state index contributed by atoms with van der Waals surface area (Å²) in [7, 11) is 0. The molecule has 0 spiro atoms. The molecule has 0 bridgehead atoms. The van der Waals surface area contributed by atoms with Crippen LogP contribution in [0.1, 0.15) is 27.7 Å². The Morgan fingerprint density at radius 3 is 2.20 bits per heavy atom. The van der Waals surface area contributed by atoms with Crippen molar-refractivity contribution in [1.29, 1.82) is 0 Å². The van der Waals surface area contributed by atoms with Crippen molar-refractivity contribution in [3.8, 4) is 0 Å². The summed E-state index contributed by atoms with van der Waals surface area (Å²) in [6.07, 6.45) is 1.67. The predicted octanol–water partition coefficient (Wildman–Crippen LogP) is 3.78.